The van der Waals surface area contributed by atoms with Crippen LogP contribution in [0, 0.1) is 11.8 Å². The van der Waals surface area contributed by atoms with Gasteiger partial charge in [-0.3, -0.25) is 4.79 Å². The van der Waals surface area contributed by atoms with Crippen LogP contribution in [-0.4, -0.2) is 70.5 Å². The van der Waals surface area contributed by atoms with Gasteiger partial charge in [-0.2, -0.15) is 0 Å². The van der Waals surface area contributed by atoms with E-state index in [0.717, 1.165) is 51.7 Å². The Labute approximate surface area is 193 Å². The molecule has 0 aromatic heterocycles. The minimum absolute atomic E-state index is 0.108. The lowest BCUT2D eigenvalue weighted by molar-refractivity contribution is 0.0758. The molecule has 0 saturated carbocycles. The first-order chi connectivity index (χ1) is 15.3. The zero-order valence-corrected chi connectivity index (χ0v) is 20.6. The van der Waals surface area contributed by atoms with Crippen molar-refractivity contribution in [1.29, 1.82) is 0 Å². The molecule has 32 heavy (non-hydrogen) atoms. The van der Waals surface area contributed by atoms with E-state index in [1.807, 2.05) is 4.90 Å². The molecule has 1 aromatic rings. The smallest absolute Gasteiger partial charge is 0.257 e. The highest BCUT2D eigenvalue weighted by Crippen LogP contribution is 2.25. The molecular formula is C24H39N3O4S. The molecular weight excluding hydrogens is 426 g/mol. The van der Waals surface area contributed by atoms with Crippen molar-refractivity contribution in [3.63, 3.8) is 0 Å². The molecule has 0 radical (unpaired) electrons. The van der Waals surface area contributed by atoms with Crippen molar-refractivity contribution in [3.8, 4) is 5.75 Å². The SMILES string of the molecule is COc1ccc(S(=O)(=O)NCCCN2C[C@@H](C)C[C@H](C)C2)cc1C(=O)N1CCCCCC1. The summed E-state index contributed by atoms with van der Waals surface area (Å²) in [5, 5.41) is 0. The average Bonchev–Trinajstić information content (AvgIpc) is 3.05. The van der Waals surface area contributed by atoms with Gasteiger partial charge in [0, 0.05) is 32.7 Å². The predicted molar refractivity (Wildman–Crippen MR) is 127 cm³/mol. The largest absolute Gasteiger partial charge is 0.496 e. The van der Waals surface area contributed by atoms with Crippen LogP contribution in [0.15, 0.2) is 23.1 Å². The number of methoxy groups -OCH3 is 1. The van der Waals surface area contributed by atoms with Crippen LogP contribution < -0.4 is 9.46 Å². The number of benzene rings is 1. The zero-order valence-electron chi connectivity index (χ0n) is 19.8. The Kier molecular flexibility index (Phi) is 8.96. The van der Waals surface area contributed by atoms with E-state index in [9.17, 15) is 13.2 Å². The Morgan fingerprint density at radius 2 is 1.75 bits per heavy atom. The van der Waals surface area contributed by atoms with Crippen LogP contribution in [0.2, 0.25) is 0 Å². The van der Waals surface area contributed by atoms with Crippen molar-refractivity contribution in [1.82, 2.24) is 14.5 Å². The van der Waals surface area contributed by atoms with Crippen LogP contribution in [0.1, 0.15) is 62.7 Å². The molecule has 7 nitrogen and oxygen atoms in total. The second-order valence-corrected chi connectivity index (χ2v) is 11.3. The van der Waals surface area contributed by atoms with Crippen molar-refractivity contribution in [2.45, 2.75) is 57.3 Å². The minimum atomic E-state index is -3.70. The third kappa shape index (κ3) is 6.68. The number of nitrogens with one attached hydrogen (secondary N) is 1. The molecule has 180 valence electrons. The molecule has 8 heteroatoms. The van der Waals surface area contributed by atoms with Gasteiger partial charge in [0.05, 0.1) is 17.6 Å². The summed E-state index contributed by atoms with van der Waals surface area (Å²) in [4.78, 5) is 17.5. The van der Waals surface area contributed by atoms with E-state index < -0.39 is 10.0 Å². The minimum Gasteiger partial charge on any atom is -0.496 e. The first kappa shape index (κ1) is 25.0. The first-order valence-electron chi connectivity index (χ1n) is 12.0. The van der Waals surface area contributed by atoms with Crippen LogP contribution >= 0.6 is 0 Å². The third-order valence-corrected chi connectivity index (χ3v) is 7.95. The number of piperidine rings is 1. The van der Waals surface area contributed by atoms with E-state index in [4.69, 9.17) is 4.74 Å². The Morgan fingerprint density at radius 3 is 2.38 bits per heavy atom. The Morgan fingerprint density at radius 1 is 1.09 bits per heavy atom. The fourth-order valence-electron chi connectivity index (χ4n) is 5.03. The molecule has 1 N–H and O–H groups in total. The molecule has 0 bridgehead atoms. The molecule has 1 aromatic carbocycles. The Balaban J connectivity index is 1.63. The van der Waals surface area contributed by atoms with Crippen molar-refractivity contribution in [2.75, 3.05) is 46.4 Å². The molecule has 0 spiro atoms. The molecule has 2 heterocycles. The summed E-state index contributed by atoms with van der Waals surface area (Å²) >= 11 is 0. The Hall–Kier alpha value is -1.64. The monoisotopic (exact) mass is 465 g/mol. The second-order valence-electron chi connectivity index (χ2n) is 9.53. The lowest BCUT2D eigenvalue weighted by Gasteiger charge is -2.34. The van der Waals surface area contributed by atoms with Gasteiger partial charge in [0.2, 0.25) is 10.0 Å². The predicted octanol–water partition coefficient (Wildman–Crippen LogP) is 3.36. The molecule has 2 fully saturated rings. The lowest BCUT2D eigenvalue weighted by Crippen LogP contribution is -2.40. The highest BCUT2D eigenvalue weighted by molar-refractivity contribution is 7.89. The lowest BCUT2D eigenvalue weighted by atomic mass is 9.92. The molecule has 3 rings (SSSR count). The van der Waals surface area contributed by atoms with Gasteiger partial charge in [-0.15, -0.1) is 0 Å². The highest BCUT2D eigenvalue weighted by atomic mass is 32.2. The van der Waals surface area contributed by atoms with Gasteiger partial charge in [0.25, 0.3) is 5.91 Å². The van der Waals surface area contributed by atoms with Crippen LogP contribution in [-0.2, 0) is 10.0 Å². The normalized spacial score (nSPS) is 23.0. The number of rotatable bonds is 8. The molecule has 1 amide bonds. The van der Waals surface area contributed by atoms with E-state index in [-0.39, 0.29) is 10.8 Å². The van der Waals surface area contributed by atoms with Gasteiger partial charge in [0.15, 0.2) is 0 Å². The summed E-state index contributed by atoms with van der Waals surface area (Å²) in [7, 11) is -2.20. The summed E-state index contributed by atoms with van der Waals surface area (Å²) < 4.78 is 33.9. The topological polar surface area (TPSA) is 79.0 Å². The van der Waals surface area contributed by atoms with Gasteiger partial charge in [-0.05, 0) is 62.3 Å². The summed E-state index contributed by atoms with van der Waals surface area (Å²) in [6.45, 7) is 9.38. The maximum absolute atomic E-state index is 13.1. The van der Waals surface area contributed by atoms with Crippen LogP contribution in [0.25, 0.3) is 0 Å². The standard InChI is InChI=1S/C24H39N3O4S/c1-19-15-20(2)18-26(17-19)12-8-11-25-32(29,30)21-9-10-23(31-3)22(16-21)24(28)27-13-6-4-5-7-14-27/h9-10,16,19-20,25H,4-8,11-15,17-18H2,1-3H3/t19-,20-/m0/s1. The van der Waals surface area contributed by atoms with Gasteiger partial charge < -0.3 is 14.5 Å². The number of likely N-dealkylation sites (tertiary alicyclic amines) is 2. The number of hydrogen-bond acceptors (Lipinski definition) is 5. The first-order valence-corrected chi connectivity index (χ1v) is 13.5. The van der Waals surface area contributed by atoms with E-state index in [2.05, 4.69) is 23.5 Å². The van der Waals surface area contributed by atoms with Gasteiger partial charge >= 0.3 is 0 Å². The van der Waals surface area contributed by atoms with Gasteiger partial charge in [-0.25, -0.2) is 13.1 Å². The van der Waals surface area contributed by atoms with Crippen molar-refractivity contribution in [3.05, 3.63) is 23.8 Å². The van der Waals surface area contributed by atoms with E-state index in [1.54, 1.807) is 6.07 Å². The number of carbonyl (C=O) groups excluding carboxylic acids is 1. The van der Waals surface area contributed by atoms with E-state index in [1.165, 1.54) is 25.7 Å². The number of nitrogens with zero attached hydrogens (tertiary/aromatic N) is 2. The molecule has 2 aliphatic heterocycles. The number of carbonyl (C=O) groups is 1. The maximum Gasteiger partial charge on any atom is 0.257 e. The molecule has 2 atom stereocenters. The summed E-state index contributed by atoms with van der Waals surface area (Å²) in [6.07, 6.45) is 6.21. The quantitative estimate of drug-likeness (QED) is 0.596. The van der Waals surface area contributed by atoms with Gasteiger partial charge in [-0.1, -0.05) is 26.7 Å². The third-order valence-electron chi connectivity index (χ3n) is 6.49. The summed E-state index contributed by atoms with van der Waals surface area (Å²) in [6, 6.07) is 4.55. The average molecular weight is 466 g/mol. The number of amides is 1. The zero-order chi connectivity index (χ0) is 23.1. The molecule has 0 aliphatic carbocycles. The van der Waals surface area contributed by atoms with Crippen molar-refractivity contribution < 1.29 is 17.9 Å². The molecule has 0 unspecified atom stereocenters. The van der Waals surface area contributed by atoms with Crippen LogP contribution in [0.4, 0.5) is 0 Å². The van der Waals surface area contributed by atoms with E-state index >= 15 is 0 Å². The Bertz CT molecular complexity index is 856. The summed E-state index contributed by atoms with van der Waals surface area (Å²) in [5.41, 5.74) is 0.313. The van der Waals surface area contributed by atoms with Crippen LogP contribution in [0.3, 0.4) is 0 Å². The second kappa shape index (κ2) is 11.5. The maximum atomic E-state index is 13.1. The van der Waals surface area contributed by atoms with Crippen LogP contribution in [0.5, 0.6) is 5.75 Å². The number of sulfonamides is 1. The number of ether oxygens (including phenoxy) is 1. The highest BCUT2D eigenvalue weighted by Gasteiger charge is 2.25. The molecule has 2 aliphatic rings. The fraction of sp³-hybridized carbons (Fsp3) is 0.708. The van der Waals surface area contributed by atoms with Gasteiger partial charge in [0.1, 0.15) is 5.75 Å². The van der Waals surface area contributed by atoms with Crippen molar-refractivity contribution >= 4 is 15.9 Å². The summed E-state index contributed by atoms with van der Waals surface area (Å²) in [5.74, 6) is 1.63. The van der Waals surface area contributed by atoms with E-state index in [0.29, 0.717) is 42.8 Å². The fourth-order valence-corrected chi connectivity index (χ4v) is 6.13. The van der Waals surface area contributed by atoms with Crippen molar-refractivity contribution in [2.24, 2.45) is 11.8 Å². The molecule has 2 saturated heterocycles. The number of hydrogen-bond donors (Lipinski definition) is 1.